The highest BCUT2D eigenvalue weighted by atomic mass is 31.2. The van der Waals surface area contributed by atoms with Gasteiger partial charge in [-0.05, 0) is 62.1 Å². The van der Waals surface area contributed by atoms with Crippen LogP contribution in [0.25, 0.3) is 0 Å². The molecule has 3 aromatic rings. The van der Waals surface area contributed by atoms with E-state index >= 15 is 0 Å². The van der Waals surface area contributed by atoms with E-state index in [-0.39, 0.29) is 17.3 Å². The van der Waals surface area contributed by atoms with E-state index in [0.29, 0.717) is 33.4 Å². The molecule has 0 aromatic heterocycles. The van der Waals surface area contributed by atoms with Crippen molar-refractivity contribution in [2.45, 2.75) is 27.7 Å². The molecule has 1 N–H and O–H groups in total. The smallest absolute Gasteiger partial charge is 0.395 e. The Morgan fingerprint density at radius 2 is 1.24 bits per heavy atom. The van der Waals surface area contributed by atoms with Gasteiger partial charge in [-0.25, -0.2) is 4.57 Å². The fourth-order valence-electron chi connectivity index (χ4n) is 3.24. The molecule has 5 nitrogen and oxygen atoms in total. The zero-order valence-electron chi connectivity index (χ0n) is 16.8. The summed E-state index contributed by atoms with van der Waals surface area (Å²) in [7, 11) is -4.41. The molecule has 0 heterocycles. The number of rotatable bonds is 6. The molecule has 1 unspecified atom stereocenters. The first kappa shape index (κ1) is 20.8. The minimum atomic E-state index is -4.41. The Morgan fingerprint density at radius 1 is 0.759 bits per heavy atom. The molecule has 0 bridgehead atoms. The van der Waals surface area contributed by atoms with Crippen molar-refractivity contribution < 1.29 is 23.3 Å². The lowest BCUT2D eigenvalue weighted by molar-refractivity contribution is 0.103. The van der Waals surface area contributed by atoms with E-state index in [1.54, 1.807) is 56.3 Å². The van der Waals surface area contributed by atoms with E-state index in [0.717, 1.165) is 0 Å². The zero-order valence-corrected chi connectivity index (χ0v) is 17.7. The number of benzene rings is 3. The van der Waals surface area contributed by atoms with E-state index in [1.165, 1.54) is 0 Å². The number of carbonyl (C=O) groups is 1. The molecule has 0 saturated heterocycles. The van der Waals surface area contributed by atoms with E-state index in [4.69, 9.17) is 9.05 Å². The summed E-state index contributed by atoms with van der Waals surface area (Å²) in [5.41, 5.74) is 3.83. The average Bonchev–Trinajstić information content (AvgIpc) is 2.71. The monoisotopic (exact) mass is 410 g/mol. The maximum absolute atomic E-state index is 13.1. The lowest BCUT2D eigenvalue weighted by atomic mass is 9.88. The van der Waals surface area contributed by atoms with E-state index in [1.807, 2.05) is 32.0 Å². The minimum absolute atomic E-state index is 0.0916. The van der Waals surface area contributed by atoms with Crippen LogP contribution in [0.2, 0.25) is 0 Å². The number of carbonyl (C=O) groups excluding carboxylic acids is 1. The summed E-state index contributed by atoms with van der Waals surface area (Å²) in [6.45, 7) is 7.15. The molecule has 6 heteroatoms. The van der Waals surface area contributed by atoms with Gasteiger partial charge in [0.2, 0.25) is 0 Å². The maximum atomic E-state index is 13.1. The van der Waals surface area contributed by atoms with E-state index < -0.39 is 7.82 Å². The highest BCUT2D eigenvalue weighted by molar-refractivity contribution is 7.48. The lowest BCUT2D eigenvalue weighted by Crippen LogP contribution is -2.11. The van der Waals surface area contributed by atoms with Gasteiger partial charge < -0.3 is 9.05 Å². The van der Waals surface area contributed by atoms with Gasteiger partial charge in [-0.2, -0.15) is 0 Å². The van der Waals surface area contributed by atoms with Crippen LogP contribution in [0.3, 0.4) is 0 Å². The molecule has 0 aliphatic carbocycles. The van der Waals surface area contributed by atoms with Crippen molar-refractivity contribution in [3.05, 3.63) is 94.0 Å². The molecule has 0 amide bonds. The standard InChI is InChI=1S/C23H23O5P/c1-15-17(3)23(28-29(25,26)27-20-13-9-6-10-14-20)18(4)16(2)21(15)22(24)19-11-7-5-8-12-19/h5-14H,1-4H3,(H,25,26). The summed E-state index contributed by atoms with van der Waals surface area (Å²) < 4.78 is 23.2. The predicted molar refractivity (Wildman–Crippen MR) is 113 cm³/mol. The molecular weight excluding hydrogens is 387 g/mol. The molecule has 0 spiro atoms. The molecule has 3 rings (SSSR count). The van der Waals surface area contributed by atoms with Crippen molar-refractivity contribution in [3.63, 3.8) is 0 Å². The van der Waals surface area contributed by atoms with Crippen molar-refractivity contribution in [1.29, 1.82) is 0 Å². The third-order valence-electron chi connectivity index (χ3n) is 4.99. The molecular formula is C23H23O5P. The topological polar surface area (TPSA) is 72.8 Å². The lowest BCUT2D eigenvalue weighted by Gasteiger charge is -2.22. The molecule has 0 fully saturated rings. The second-order valence-electron chi connectivity index (χ2n) is 6.86. The molecule has 29 heavy (non-hydrogen) atoms. The van der Waals surface area contributed by atoms with E-state index in [9.17, 15) is 14.3 Å². The quantitative estimate of drug-likeness (QED) is 0.416. The Balaban J connectivity index is 1.99. The van der Waals surface area contributed by atoms with E-state index in [2.05, 4.69) is 0 Å². The van der Waals surface area contributed by atoms with Gasteiger partial charge in [0.25, 0.3) is 0 Å². The number of phosphoric ester groups is 1. The normalized spacial score (nSPS) is 12.9. The Bertz CT molecular complexity index is 1060. The molecule has 3 aromatic carbocycles. The molecule has 0 aliphatic heterocycles. The van der Waals surface area contributed by atoms with Gasteiger partial charge in [0.05, 0.1) is 0 Å². The van der Waals surface area contributed by atoms with Crippen molar-refractivity contribution in [2.75, 3.05) is 0 Å². The van der Waals surface area contributed by atoms with Crippen LogP contribution < -0.4 is 9.05 Å². The van der Waals surface area contributed by atoms with Crippen LogP contribution in [0.1, 0.15) is 38.2 Å². The first-order chi connectivity index (χ1) is 13.7. The van der Waals surface area contributed by atoms with Crippen LogP contribution in [0.15, 0.2) is 60.7 Å². The number of para-hydroxylation sites is 1. The van der Waals surface area contributed by atoms with Crippen LogP contribution >= 0.6 is 7.82 Å². The summed E-state index contributed by atoms with van der Waals surface area (Å²) in [6, 6.07) is 17.4. The van der Waals surface area contributed by atoms with Crippen molar-refractivity contribution in [3.8, 4) is 11.5 Å². The van der Waals surface area contributed by atoms with Crippen LogP contribution in [0.4, 0.5) is 0 Å². The Labute approximate surface area is 170 Å². The molecule has 0 aliphatic rings. The fraction of sp³-hybridized carbons (Fsp3) is 0.174. The summed E-state index contributed by atoms with van der Waals surface area (Å²) in [4.78, 5) is 23.3. The van der Waals surface area contributed by atoms with Gasteiger partial charge >= 0.3 is 7.82 Å². The second kappa shape index (κ2) is 8.24. The van der Waals surface area contributed by atoms with Crippen molar-refractivity contribution in [2.24, 2.45) is 0 Å². The molecule has 0 radical (unpaired) electrons. The van der Waals surface area contributed by atoms with Gasteiger partial charge in [0.15, 0.2) is 5.78 Å². The number of phosphoric acid groups is 1. The van der Waals surface area contributed by atoms with Gasteiger partial charge in [-0.1, -0.05) is 48.5 Å². The summed E-state index contributed by atoms with van der Waals surface area (Å²) in [5.74, 6) is 0.399. The summed E-state index contributed by atoms with van der Waals surface area (Å²) in [6.07, 6.45) is 0. The number of hydrogen-bond acceptors (Lipinski definition) is 4. The molecule has 0 saturated carbocycles. The number of ketones is 1. The van der Waals surface area contributed by atoms with Gasteiger partial charge in [0.1, 0.15) is 11.5 Å². The first-order valence-electron chi connectivity index (χ1n) is 9.18. The zero-order chi connectivity index (χ0) is 21.2. The van der Waals surface area contributed by atoms with Gasteiger partial charge in [-0.15, -0.1) is 0 Å². The fourth-order valence-corrected chi connectivity index (χ4v) is 4.17. The third kappa shape index (κ3) is 4.42. The van der Waals surface area contributed by atoms with Crippen LogP contribution in [-0.2, 0) is 4.57 Å². The van der Waals surface area contributed by atoms with Gasteiger partial charge in [0, 0.05) is 11.1 Å². The first-order valence-corrected chi connectivity index (χ1v) is 10.7. The Kier molecular flexibility index (Phi) is 5.92. The molecule has 1 atom stereocenters. The third-order valence-corrected chi connectivity index (χ3v) is 5.84. The minimum Gasteiger partial charge on any atom is -0.395 e. The summed E-state index contributed by atoms with van der Waals surface area (Å²) >= 11 is 0. The van der Waals surface area contributed by atoms with Crippen LogP contribution in [0, 0.1) is 27.7 Å². The Hall–Kier alpha value is -2.88. The Morgan fingerprint density at radius 3 is 1.76 bits per heavy atom. The summed E-state index contributed by atoms with van der Waals surface area (Å²) in [5, 5.41) is 0. The largest absolute Gasteiger partial charge is 0.584 e. The van der Waals surface area contributed by atoms with Crippen LogP contribution in [-0.4, -0.2) is 10.7 Å². The predicted octanol–water partition coefficient (Wildman–Crippen LogP) is 5.71. The SMILES string of the molecule is Cc1c(C)c(C(=O)c2ccccc2)c(C)c(C)c1OP(=O)(O)Oc1ccccc1. The van der Waals surface area contributed by atoms with Crippen molar-refractivity contribution in [1.82, 2.24) is 0 Å². The van der Waals surface area contributed by atoms with Gasteiger partial charge in [-0.3, -0.25) is 9.69 Å². The van der Waals surface area contributed by atoms with Crippen LogP contribution in [0.5, 0.6) is 11.5 Å². The maximum Gasteiger partial charge on any atom is 0.584 e. The van der Waals surface area contributed by atoms with Crippen molar-refractivity contribution >= 4 is 13.6 Å². The average molecular weight is 410 g/mol. The highest BCUT2D eigenvalue weighted by Gasteiger charge is 2.29. The molecule has 150 valence electrons. The second-order valence-corrected chi connectivity index (χ2v) is 8.17. The number of hydrogen-bond donors (Lipinski definition) is 1. The highest BCUT2D eigenvalue weighted by Crippen LogP contribution is 2.47.